The average Bonchev–Trinajstić information content (AvgIpc) is 3.74. The summed E-state index contributed by atoms with van der Waals surface area (Å²) in [6.45, 7) is 2.13. The summed E-state index contributed by atoms with van der Waals surface area (Å²) in [5.41, 5.74) is 6.33. The van der Waals surface area contributed by atoms with E-state index in [0.29, 0.717) is 17.5 Å². The molecule has 0 unspecified atom stereocenters. The third-order valence-corrected chi connectivity index (χ3v) is 7.93. The molecule has 4 heterocycles. The van der Waals surface area contributed by atoms with Crippen LogP contribution in [-0.2, 0) is 0 Å². The van der Waals surface area contributed by atoms with Gasteiger partial charge in [0, 0.05) is 46.7 Å². The zero-order chi connectivity index (χ0) is 27.9. The van der Waals surface area contributed by atoms with Gasteiger partial charge in [0.25, 0.3) is 0 Å². The number of furan rings is 1. The highest BCUT2D eigenvalue weighted by Gasteiger charge is 2.20. The summed E-state index contributed by atoms with van der Waals surface area (Å²) in [4.78, 5) is 22.1. The van der Waals surface area contributed by atoms with E-state index in [4.69, 9.17) is 24.4 Å². The Labute approximate surface area is 243 Å². The molecule has 1 saturated heterocycles. The molecule has 1 aliphatic rings. The zero-order valence-electron chi connectivity index (χ0n) is 22.9. The van der Waals surface area contributed by atoms with Crippen LogP contribution in [-0.4, -0.2) is 33.0 Å². The highest BCUT2D eigenvalue weighted by Crippen LogP contribution is 2.39. The summed E-state index contributed by atoms with van der Waals surface area (Å²) in [7, 11) is 0. The van der Waals surface area contributed by atoms with Gasteiger partial charge in [-0.25, -0.2) is 19.9 Å². The number of rotatable bonds is 5. The van der Waals surface area contributed by atoms with Crippen molar-refractivity contribution < 1.29 is 4.42 Å². The lowest BCUT2D eigenvalue weighted by Gasteiger charge is -2.16. The maximum Gasteiger partial charge on any atom is 0.167 e. The number of hydrogen-bond donors (Lipinski definition) is 0. The number of aromatic nitrogens is 4. The Morgan fingerprint density at radius 2 is 1.19 bits per heavy atom. The van der Waals surface area contributed by atoms with Gasteiger partial charge in [0.05, 0.1) is 5.56 Å². The standard InChI is InChI=1S/C36H27N5O/c1-3-11-24(12-4-1)34-38-35(25-13-5-2-6-14-25)40-36(39-34)30-22-27(21-29-28-15-7-8-16-31(28)42-33(29)30)26-17-18-32(37-23-26)41-19-9-10-20-41/h1-8,11-18,21-23H,9-10,19-20H2. The van der Waals surface area contributed by atoms with E-state index in [2.05, 4.69) is 35.2 Å². The van der Waals surface area contributed by atoms with Crippen LogP contribution in [0.5, 0.6) is 0 Å². The van der Waals surface area contributed by atoms with Gasteiger partial charge in [-0.05, 0) is 48.7 Å². The maximum atomic E-state index is 6.48. The molecule has 0 N–H and O–H groups in total. The van der Waals surface area contributed by atoms with Gasteiger partial charge < -0.3 is 9.32 Å². The van der Waals surface area contributed by atoms with Crippen molar-refractivity contribution in [2.45, 2.75) is 12.8 Å². The Bertz CT molecular complexity index is 1970. The predicted molar refractivity (Wildman–Crippen MR) is 168 cm³/mol. The van der Waals surface area contributed by atoms with Crippen LogP contribution < -0.4 is 4.90 Å². The van der Waals surface area contributed by atoms with Gasteiger partial charge in [-0.3, -0.25) is 0 Å². The van der Waals surface area contributed by atoms with E-state index < -0.39 is 0 Å². The quantitative estimate of drug-likeness (QED) is 0.216. The van der Waals surface area contributed by atoms with Gasteiger partial charge in [-0.15, -0.1) is 0 Å². The van der Waals surface area contributed by atoms with Gasteiger partial charge in [0.15, 0.2) is 17.5 Å². The number of pyridine rings is 1. The monoisotopic (exact) mass is 545 g/mol. The molecule has 1 fully saturated rings. The van der Waals surface area contributed by atoms with Crippen LogP contribution in [0, 0.1) is 0 Å². The number of nitrogens with zero attached hydrogens (tertiary/aromatic N) is 5. The van der Waals surface area contributed by atoms with Crippen LogP contribution in [0.2, 0.25) is 0 Å². The highest BCUT2D eigenvalue weighted by atomic mass is 16.3. The Morgan fingerprint density at radius 1 is 0.548 bits per heavy atom. The molecular weight excluding hydrogens is 518 g/mol. The second kappa shape index (κ2) is 10.2. The van der Waals surface area contributed by atoms with Crippen LogP contribution >= 0.6 is 0 Å². The van der Waals surface area contributed by atoms with Crippen molar-refractivity contribution in [1.82, 2.24) is 19.9 Å². The molecule has 0 radical (unpaired) electrons. The number of anilines is 1. The molecule has 0 amide bonds. The first-order valence-electron chi connectivity index (χ1n) is 14.3. The third-order valence-electron chi connectivity index (χ3n) is 7.93. The van der Waals surface area contributed by atoms with Crippen molar-refractivity contribution in [3.63, 3.8) is 0 Å². The van der Waals surface area contributed by atoms with Crippen molar-refractivity contribution in [3.05, 3.63) is 115 Å². The fourth-order valence-electron chi connectivity index (χ4n) is 5.78. The van der Waals surface area contributed by atoms with E-state index in [9.17, 15) is 0 Å². The fraction of sp³-hybridized carbons (Fsp3) is 0.111. The van der Waals surface area contributed by atoms with Crippen molar-refractivity contribution in [3.8, 4) is 45.3 Å². The molecule has 202 valence electrons. The topological polar surface area (TPSA) is 67.9 Å². The van der Waals surface area contributed by atoms with Crippen LogP contribution in [0.4, 0.5) is 5.82 Å². The molecule has 3 aromatic heterocycles. The maximum absolute atomic E-state index is 6.48. The van der Waals surface area contributed by atoms with Gasteiger partial charge in [-0.1, -0.05) is 78.9 Å². The minimum Gasteiger partial charge on any atom is -0.455 e. The van der Waals surface area contributed by atoms with E-state index in [1.54, 1.807) is 0 Å². The normalized spacial score (nSPS) is 13.3. The summed E-state index contributed by atoms with van der Waals surface area (Å²) in [5, 5.41) is 2.07. The SMILES string of the molecule is c1ccc(-c2nc(-c3ccccc3)nc(-c3cc(-c4ccc(N5CCCC5)nc4)cc4c3oc3ccccc34)n2)cc1. The lowest BCUT2D eigenvalue weighted by Crippen LogP contribution is -2.18. The van der Waals surface area contributed by atoms with Gasteiger partial charge in [0.2, 0.25) is 0 Å². The first-order valence-corrected chi connectivity index (χ1v) is 14.3. The van der Waals surface area contributed by atoms with Crippen molar-refractivity contribution in [2.75, 3.05) is 18.0 Å². The summed E-state index contributed by atoms with van der Waals surface area (Å²) in [6, 6.07) is 36.8. The molecule has 1 aliphatic heterocycles. The van der Waals surface area contributed by atoms with Crippen molar-refractivity contribution in [2.24, 2.45) is 0 Å². The molecule has 0 aliphatic carbocycles. The molecule has 42 heavy (non-hydrogen) atoms. The molecule has 0 spiro atoms. The van der Waals surface area contributed by atoms with Crippen LogP contribution in [0.1, 0.15) is 12.8 Å². The minimum absolute atomic E-state index is 0.565. The predicted octanol–water partition coefficient (Wildman–Crippen LogP) is 8.43. The van der Waals surface area contributed by atoms with E-state index in [0.717, 1.165) is 68.7 Å². The van der Waals surface area contributed by atoms with Crippen molar-refractivity contribution in [1.29, 1.82) is 0 Å². The Hall–Kier alpha value is -5.36. The fourth-order valence-corrected chi connectivity index (χ4v) is 5.78. The largest absolute Gasteiger partial charge is 0.455 e. The molecule has 6 nitrogen and oxygen atoms in total. The number of para-hydroxylation sites is 1. The molecular formula is C36H27N5O. The molecule has 4 aromatic carbocycles. The Kier molecular flexibility index (Phi) is 5.96. The van der Waals surface area contributed by atoms with Gasteiger partial charge in [-0.2, -0.15) is 0 Å². The summed E-state index contributed by atoms with van der Waals surface area (Å²) in [5.74, 6) is 2.83. The van der Waals surface area contributed by atoms with Crippen LogP contribution in [0.25, 0.3) is 67.2 Å². The van der Waals surface area contributed by atoms with E-state index in [-0.39, 0.29) is 0 Å². The average molecular weight is 546 g/mol. The third kappa shape index (κ3) is 4.38. The highest BCUT2D eigenvalue weighted by molar-refractivity contribution is 6.10. The second-order valence-corrected chi connectivity index (χ2v) is 10.6. The second-order valence-electron chi connectivity index (χ2n) is 10.6. The number of benzene rings is 4. The summed E-state index contributed by atoms with van der Waals surface area (Å²) < 4.78 is 6.48. The molecule has 7 aromatic rings. The van der Waals surface area contributed by atoms with E-state index in [1.807, 2.05) is 85.1 Å². The zero-order valence-corrected chi connectivity index (χ0v) is 22.9. The summed E-state index contributed by atoms with van der Waals surface area (Å²) in [6.07, 6.45) is 4.41. The molecule has 6 heteroatoms. The van der Waals surface area contributed by atoms with Crippen LogP contribution in [0.3, 0.4) is 0 Å². The Morgan fingerprint density at radius 3 is 1.86 bits per heavy atom. The molecule has 0 saturated carbocycles. The number of fused-ring (bicyclic) bond motifs is 3. The van der Waals surface area contributed by atoms with Crippen LogP contribution in [0.15, 0.2) is 120 Å². The van der Waals surface area contributed by atoms with E-state index >= 15 is 0 Å². The number of hydrogen-bond acceptors (Lipinski definition) is 6. The van der Waals surface area contributed by atoms with Crippen molar-refractivity contribution >= 4 is 27.8 Å². The summed E-state index contributed by atoms with van der Waals surface area (Å²) >= 11 is 0. The van der Waals surface area contributed by atoms with E-state index in [1.165, 1.54) is 12.8 Å². The minimum atomic E-state index is 0.565. The lowest BCUT2D eigenvalue weighted by atomic mass is 9.99. The Balaban J connectivity index is 1.36. The molecule has 0 atom stereocenters. The van der Waals surface area contributed by atoms with Gasteiger partial charge >= 0.3 is 0 Å². The lowest BCUT2D eigenvalue weighted by molar-refractivity contribution is 0.669. The van der Waals surface area contributed by atoms with Gasteiger partial charge in [0.1, 0.15) is 17.0 Å². The smallest absolute Gasteiger partial charge is 0.167 e. The molecule has 0 bridgehead atoms. The molecule has 8 rings (SSSR count). The first kappa shape index (κ1) is 24.4. The first-order chi connectivity index (χ1) is 20.8.